The molecule has 0 unspecified atom stereocenters. The van der Waals surface area contributed by atoms with Crippen molar-refractivity contribution in [2.75, 3.05) is 16.8 Å². The number of alkyl halides is 3. The highest BCUT2D eigenvalue weighted by Crippen LogP contribution is 2.42. The zero-order chi connectivity index (χ0) is 24.7. The number of hydrogen-bond acceptors (Lipinski definition) is 5. The third kappa shape index (κ3) is 4.69. The minimum absolute atomic E-state index is 0.113. The molecular formula is C24H25F4N5O2. The highest BCUT2D eigenvalue weighted by atomic mass is 19.4. The average molecular weight is 491 g/mol. The monoisotopic (exact) mass is 491 g/mol. The van der Waals surface area contributed by atoms with Gasteiger partial charge in [0.1, 0.15) is 17.3 Å². The van der Waals surface area contributed by atoms with Crippen molar-refractivity contribution in [3.05, 3.63) is 53.6 Å². The van der Waals surface area contributed by atoms with Gasteiger partial charge in [0.2, 0.25) is 5.91 Å². The van der Waals surface area contributed by atoms with Crippen LogP contribution in [0.4, 0.5) is 29.1 Å². The van der Waals surface area contributed by atoms with Gasteiger partial charge in [-0.25, -0.2) is 13.9 Å². The summed E-state index contributed by atoms with van der Waals surface area (Å²) in [7, 11) is 0. The first-order valence-electron chi connectivity index (χ1n) is 11.7. The SMILES string of the molecule is O=C(Nc1cnn2ccc(N3CCC[C@@H]3c3cc(F)ccc3C(F)(F)F)nc12)C1CCC(O)CC1. The van der Waals surface area contributed by atoms with Crippen LogP contribution >= 0.6 is 0 Å². The summed E-state index contributed by atoms with van der Waals surface area (Å²) in [5.41, 5.74) is -0.196. The van der Waals surface area contributed by atoms with E-state index in [1.165, 1.54) is 10.7 Å². The van der Waals surface area contributed by atoms with Crippen molar-refractivity contribution in [1.29, 1.82) is 0 Å². The van der Waals surface area contributed by atoms with Crippen molar-refractivity contribution in [2.45, 2.75) is 56.8 Å². The van der Waals surface area contributed by atoms with Crippen molar-refractivity contribution >= 4 is 23.1 Å². The Balaban J connectivity index is 1.44. The van der Waals surface area contributed by atoms with E-state index >= 15 is 0 Å². The van der Waals surface area contributed by atoms with Crippen LogP contribution in [-0.4, -0.2) is 38.3 Å². The predicted octanol–water partition coefficient (Wildman–Crippen LogP) is 4.72. The molecule has 1 aliphatic heterocycles. The number of aliphatic hydroxyl groups excluding tert-OH is 1. The number of rotatable bonds is 4. The fourth-order valence-corrected chi connectivity index (χ4v) is 5.11. The van der Waals surface area contributed by atoms with Gasteiger partial charge in [0.15, 0.2) is 5.65 Å². The molecule has 2 fully saturated rings. The lowest BCUT2D eigenvalue weighted by Gasteiger charge is -2.28. The van der Waals surface area contributed by atoms with E-state index in [-0.39, 0.29) is 23.5 Å². The Bertz CT molecular complexity index is 1240. The summed E-state index contributed by atoms with van der Waals surface area (Å²) >= 11 is 0. The molecule has 2 N–H and O–H groups in total. The van der Waals surface area contributed by atoms with Gasteiger partial charge in [-0.1, -0.05) is 0 Å². The zero-order valence-electron chi connectivity index (χ0n) is 18.8. The van der Waals surface area contributed by atoms with E-state index in [1.54, 1.807) is 17.2 Å². The van der Waals surface area contributed by atoms with Gasteiger partial charge in [-0.15, -0.1) is 0 Å². The molecule has 7 nitrogen and oxygen atoms in total. The molecule has 1 aliphatic carbocycles. The van der Waals surface area contributed by atoms with Crippen molar-refractivity contribution < 1.29 is 27.5 Å². The molecule has 1 saturated heterocycles. The minimum atomic E-state index is -4.60. The van der Waals surface area contributed by atoms with E-state index in [2.05, 4.69) is 15.4 Å². The maximum Gasteiger partial charge on any atom is 0.416 e. The van der Waals surface area contributed by atoms with Crippen LogP contribution in [-0.2, 0) is 11.0 Å². The van der Waals surface area contributed by atoms with E-state index < -0.39 is 23.6 Å². The van der Waals surface area contributed by atoms with Crippen LogP contribution in [0.25, 0.3) is 5.65 Å². The Hall–Kier alpha value is -3.21. The second-order valence-corrected chi connectivity index (χ2v) is 9.19. The number of anilines is 2. The van der Waals surface area contributed by atoms with E-state index in [0.717, 1.165) is 18.2 Å². The number of carbonyl (C=O) groups is 1. The molecule has 0 bridgehead atoms. The number of aromatic nitrogens is 3. The molecule has 186 valence electrons. The highest BCUT2D eigenvalue weighted by molar-refractivity contribution is 5.95. The Morgan fingerprint density at radius 3 is 2.63 bits per heavy atom. The molecule has 0 spiro atoms. The standard InChI is InChI=1S/C24H25F4N5O2/c25-15-5-8-18(24(26,27)28)17(12-15)20-2-1-10-32(20)21-9-11-33-22(31-21)19(13-29-33)30-23(35)14-3-6-16(34)7-4-14/h5,8-9,11-14,16,20,34H,1-4,6-7,10H2,(H,30,35)/t14?,16?,20-/m1/s1. The number of nitrogens with zero attached hydrogens (tertiary/aromatic N) is 4. The first-order valence-corrected chi connectivity index (χ1v) is 11.7. The first-order chi connectivity index (χ1) is 16.7. The molecule has 2 aromatic heterocycles. The molecule has 1 saturated carbocycles. The van der Waals surface area contributed by atoms with Gasteiger partial charge in [-0.2, -0.15) is 18.3 Å². The smallest absolute Gasteiger partial charge is 0.393 e. The zero-order valence-corrected chi connectivity index (χ0v) is 18.8. The van der Waals surface area contributed by atoms with Crippen LogP contribution < -0.4 is 10.2 Å². The van der Waals surface area contributed by atoms with Crippen LogP contribution in [0.3, 0.4) is 0 Å². The molecule has 0 radical (unpaired) electrons. The number of fused-ring (bicyclic) bond motifs is 1. The number of amides is 1. The van der Waals surface area contributed by atoms with Gasteiger partial charge >= 0.3 is 6.18 Å². The maximum absolute atomic E-state index is 14.0. The van der Waals surface area contributed by atoms with Gasteiger partial charge in [-0.05, 0) is 68.4 Å². The van der Waals surface area contributed by atoms with Gasteiger partial charge in [0.25, 0.3) is 0 Å². The lowest BCUT2D eigenvalue weighted by atomic mass is 9.87. The fraction of sp³-hybridized carbons (Fsp3) is 0.458. The van der Waals surface area contributed by atoms with Crippen molar-refractivity contribution in [1.82, 2.24) is 14.6 Å². The Labute approximate surface area is 198 Å². The molecule has 35 heavy (non-hydrogen) atoms. The van der Waals surface area contributed by atoms with Gasteiger partial charge in [-0.3, -0.25) is 4.79 Å². The maximum atomic E-state index is 14.0. The molecule has 2 aliphatic rings. The second-order valence-electron chi connectivity index (χ2n) is 9.19. The largest absolute Gasteiger partial charge is 0.416 e. The van der Waals surface area contributed by atoms with Crippen molar-refractivity contribution in [3.63, 3.8) is 0 Å². The van der Waals surface area contributed by atoms with Crippen molar-refractivity contribution in [3.8, 4) is 0 Å². The normalized spacial score (nSPS) is 23.1. The van der Waals surface area contributed by atoms with E-state index in [9.17, 15) is 27.5 Å². The molecule has 3 aromatic rings. The van der Waals surface area contributed by atoms with Crippen LogP contribution in [0.15, 0.2) is 36.7 Å². The molecule has 1 atom stereocenters. The van der Waals surface area contributed by atoms with Crippen molar-refractivity contribution in [2.24, 2.45) is 5.92 Å². The summed E-state index contributed by atoms with van der Waals surface area (Å²) in [5.74, 6) is -0.686. The van der Waals surface area contributed by atoms with Crippen LogP contribution in [0.5, 0.6) is 0 Å². The number of carbonyl (C=O) groups excluding carboxylic acids is 1. The van der Waals surface area contributed by atoms with E-state index in [1.807, 2.05) is 0 Å². The third-order valence-corrected chi connectivity index (χ3v) is 6.90. The lowest BCUT2D eigenvalue weighted by molar-refractivity contribution is -0.138. The first kappa shape index (κ1) is 23.5. The fourth-order valence-electron chi connectivity index (χ4n) is 5.11. The number of nitrogens with one attached hydrogen (secondary N) is 1. The summed E-state index contributed by atoms with van der Waals surface area (Å²) in [5, 5.41) is 16.8. The molecule has 5 rings (SSSR count). The van der Waals surface area contributed by atoms with Gasteiger partial charge in [0.05, 0.1) is 23.9 Å². The predicted molar refractivity (Wildman–Crippen MR) is 120 cm³/mol. The lowest BCUT2D eigenvalue weighted by Crippen LogP contribution is -2.28. The Kier molecular flexibility index (Phi) is 6.12. The number of benzene rings is 1. The summed E-state index contributed by atoms with van der Waals surface area (Å²) in [4.78, 5) is 19.1. The Morgan fingerprint density at radius 1 is 1.11 bits per heavy atom. The van der Waals surface area contributed by atoms with Crippen LogP contribution in [0.2, 0.25) is 0 Å². The molecular weight excluding hydrogens is 466 g/mol. The van der Waals surface area contributed by atoms with Gasteiger partial charge < -0.3 is 15.3 Å². The topological polar surface area (TPSA) is 82.8 Å². The second kappa shape index (κ2) is 9.10. The van der Waals surface area contributed by atoms with Gasteiger partial charge in [0, 0.05) is 18.7 Å². The highest BCUT2D eigenvalue weighted by Gasteiger charge is 2.38. The molecule has 1 amide bonds. The van der Waals surface area contributed by atoms with E-state index in [4.69, 9.17) is 0 Å². The van der Waals surface area contributed by atoms with Crippen LogP contribution in [0, 0.1) is 11.7 Å². The summed E-state index contributed by atoms with van der Waals surface area (Å²) in [6.07, 6.45) is 1.53. The average Bonchev–Trinajstić information content (AvgIpc) is 3.46. The number of hydrogen-bond donors (Lipinski definition) is 2. The summed E-state index contributed by atoms with van der Waals surface area (Å²) in [6, 6.07) is 3.53. The number of aliphatic hydroxyl groups is 1. The summed E-state index contributed by atoms with van der Waals surface area (Å²) in [6.45, 7) is 0.460. The van der Waals surface area contributed by atoms with E-state index in [0.29, 0.717) is 62.2 Å². The quantitative estimate of drug-likeness (QED) is 0.517. The molecule has 11 heteroatoms. The Morgan fingerprint density at radius 2 is 1.89 bits per heavy atom. The summed E-state index contributed by atoms with van der Waals surface area (Å²) < 4.78 is 56.4. The number of halogens is 4. The molecule has 3 heterocycles. The molecule has 1 aromatic carbocycles. The minimum Gasteiger partial charge on any atom is -0.393 e. The van der Waals surface area contributed by atoms with Crippen LogP contribution in [0.1, 0.15) is 55.7 Å². The third-order valence-electron chi connectivity index (χ3n) is 6.90.